The molecule has 0 bridgehead atoms. The van der Waals surface area contributed by atoms with Crippen molar-refractivity contribution in [2.75, 3.05) is 7.11 Å². The number of hydrogen-bond donors (Lipinski definition) is 3. The van der Waals surface area contributed by atoms with Gasteiger partial charge in [0.15, 0.2) is 5.75 Å². The number of aliphatic hydroxyl groups is 2. The maximum Gasteiger partial charge on any atom is 0.156 e. The molecule has 1 aliphatic carbocycles. The van der Waals surface area contributed by atoms with E-state index in [1.165, 1.54) is 6.07 Å². The predicted molar refractivity (Wildman–Crippen MR) is 98.3 cm³/mol. The zero-order valence-electron chi connectivity index (χ0n) is 13.5. The number of aromatic hydroxyl groups is 1. The Morgan fingerprint density at radius 2 is 1.77 bits per heavy atom. The van der Waals surface area contributed by atoms with Crippen LogP contribution in [0.5, 0.6) is 5.75 Å². The van der Waals surface area contributed by atoms with Gasteiger partial charge in [-0.1, -0.05) is 29.3 Å². The van der Waals surface area contributed by atoms with Crippen LogP contribution in [0.25, 0.3) is 22.2 Å². The molecule has 0 unspecified atom stereocenters. The standard InChI is InChI=1S/C18H9BrNO3.CH4O.W/c19-14-11-7-3-4-8-12(11)20-15(18(14)23)13-16(21)9-5-1-2-6-10(9)17(13)22;1-2;/h1,3-8,21,23H;2H,1H3;/q-1;;. The van der Waals surface area contributed by atoms with Gasteiger partial charge in [-0.25, -0.2) is 4.98 Å². The molecular weight excluding hydrogens is 570 g/mol. The van der Waals surface area contributed by atoms with Crippen molar-refractivity contribution in [2.45, 2.75) is 0 Å². The number of halogens is 1. The van der Waals surface area contributed by atoms with Gasteiger partial charge >= 0.3 is 0 Å². The first kappa shape index (κ1) is 20.3. The zero-order chi connectivity index (χ0) is 18.1. The Bertz CT molecular complexity index is 1030. The molecule has 0 radical (unpaired) electrons. The number of para-hydroxylation sites is 1. The number of benzene rings is 2. The molecule has 0 saturated heterocycles. The summed E-state index contributed by atoms with van der Waals surface area (Å²) in [6.07, 6.45) is 0. The number of rotatable bonds is 1. The molecule has 0 fully saturated rings. The second kappa shape index (κ2) is 8.12. The minimum absolute atomic E-state index is 0. The van der Waals surface area contributed by atoms with Gasteiger partial charge in [0.25, 0.3) is 0 Å². The van der Waals surface area contributed by atoms with E-state index in [0.717, 1.165) is 12.5 Å². The molecule has 7 heteroatoms. The van der Waals surface area contributed by atoms with Crippen LogP contribution in [0.3, 0.4) is 0 Å². The SMILES string of the molecule is CO.O=C1C(c2nc3ccccc3c(Br)c2O)=C(O)c2cc[c-]cc21.[W]. The number of nitrogens with zero attached hydrogens (tertiary/aromatic N) is 1. The summed E-state index contributed by atoms with van der Waals surface area (Å²) in [5, 5.41) is 28.6. The molecule has 0 spiro atoms. The van der Waals surface area contributed by atoms with Crippen LogP contribution in [0.2, 0.25) is 0 Å². The molecule has 132 valence electrons. The van der Waals surface area contributed by atoms with Crippen LogP contribution < -0.4 is 0 Å². The van der Waals surface area contributed by atoms with Crippen molar-refractivity contribution in [2.24, 2.45) is 0 Å². The van der Waals surface area contributed by atoms with E-state index in [9.17, 15) is 15.0 Å². The molecule has 0 aliphatic heterocycles. The maximum absolute atomic E-state index is 12.6. The summed E-state index contributed by atoms with van der Waals surface area (Å²) in [4.78, 5) is 17.0. The summed E-state index contributed by atoms with van der Waals surface area (Å²) in [5.41, 5.74) is 1.46. The summed E-state index contributed by atoms with van der Waals surface area (Å²) in [6.45, 7) is 0. The van der Waals surface area contributed by atoms with Gasteiger partial charge in [-0.3, -0.25) is 0 Å². The van der Waals surface area contributed by atoms with Crippen LogP contribution in [-0.4, -0.2) is 33.2 Å². The van der Waals surface area contributed by atoms with Gasteiger partial charge in [0, 0.05) is 33.6 Å². The summed E-state index contributed by atoms with van der Waals surface area (Å²) in [6, 6.07) is 14.8. The van der Waals surface area contributed by atoms with Gasteiger partial charge in [0.1, 0.15) is 17.2 Å². The quantitative estimate of drug-likeness (QED) is 0.381. The second-order valence-corrected chi connectivity index (χ2v) is 5.96. The maximum atomic E-state index is 12.6. The topological polar surface area (TPSA) is 90.7 Å². The largest absolute Gasteiger partial charge is 0.509 e. The van der Waals surface area contributed by atoms with Gasteiger partial charge in [-0.2, -0.15) is 24.3 Å². The van der Waals surface area contributed by atoms with E-state index < -0.39 is 0 Å². The van der Waals surface area contributed by atoms with E-state index in [1.807, 2.05) is 18.2 Å². The molecular formula is C19H13BrNO4W-. The first-order chi connectivity index (χ1) is 12.1. The molecule has 0 saturated carbocycles. The third-order valence-corrected chi connectivity index (χ3v) is 4.67. The number of allylic oxidation sites excluding steroid dienone is 1. The number of aliphatic hydroxyl groups excluding tert-OH is 2. The minimum Gasteiger partial charge on any atom is -0.509 e. The Kier molecular flexibility index (Phi) is 6.34. The number of carbonyl (C=O) groups excluding carboxylic acids is 1. The van der Waals surface area contributed by atoms with Crippen molar-refractivity contribution < 1.29 is 41.2 Å². The van der Waals surface area contributed by atoms with Crippen molar-refractivity contribution in [3.63, 3.8) is 0 Å². The van der Waals surface area contributed by atoms with Crippen LogP contribution in [0, 0.1) is 6.07 Å². The average Bonchev–Trinajstić information content (AvgIpc) is 2.91. The number of hydrogen-bond acceptors (Lipinski definition) is 5. The molecule has 4 rings (SSSR count). The van der Waals surface area contributed by atoms with Crippen LogP contribution >= 0.6 is 15.9 Å². The van der Waals surface area contributed by atoms with Crippen LogP contribution in [-0.2, 0) is 21.1 Å². The Hall–Kier alpha value is -2.01. The van der Waals surface area contributed by atoms with Gasteiger partial charge in [-0.05, 0) is 22.0 Å². The summed E-state index contributed by atoms with van der Waals surface area (Å²) in [7, 11) is 1.00. The molecule has 1 heterocycles. The predicted octanol–water partition coefficient (Wildman–Crippen LogP) is 3.73. The molecule has 26 heavy (non-hydrogen) atoms. The fraction of sp³-hybridized carbons (Fsp3) is 0.0526. The molecule has 0 atom stereocenters. The minimum atomic E-state index is -0.376. The van der Waals surface area contributed by atoms with Gasteiger partial charge in [0.2, 0.25) is 0 Å². The number of ketones is 1. The fourth-order valence-electron chi connectivity index (χ4n) is 2.76. The van der Waals surface area contributed by atoms with Crippen molar-refractivity contribution in [1.29, 1.82) is 0 Å². The first-order valence-corrected chi connectivity index (χ1v) is 8.09. The molecule has 5 nitrogen and oxygen atoms in total. The van der Waals surface area contributed by atoms with Crippen molar-refractivity contribution in [3.05, 3.63) is 69.8 Å². The Morgan fingerprint density at radius 3 is 2.46 bits per heavy atom. The molecule has 3 aromatic rings. The molecule has 1 aliphatic rings. The third-order valence-electron chi connectivity index (χ3n) is 3.87. The van der Waals surface area contributed by atoms with Crippen LogP contribution in [0.4, 0.5) is 0 Å². The van der Waals surface area contributed by atoms with Crippen molar-refractivity contribution in [3.8, 4) is 5.75 Å². The van der Waals surface area contributed by atoms with Crippen LogP contribution in [0.15, 0.2) is 46.9 Å². The molecule has 0 amide bonds. The van der Waals surface area contributed by atoms with E-state index in [-0.39, 0.29) is 49.6 Å². The van der Waals surface area contributed by atoms with Crippen molar-refractivity contribution >= 4 is 43.9 Å². The molecule has 1 aromatic heterocycles. The third kappa shape index (κ3) is 3.09. The summed E-state index contributed by atoms with van der Waals surface area (Å²) in [5.74, 6) is -0.723. The van der Waals surface area contributed by atoms with Gasteiger partial charge in [-0.15, -0.1) is 0 Å². The number of Topliss-reactive ketones (excluding diaryl/α,β-unsaturated/α-hetero) is 1. The molecule has 3 N–H and O–H groups in total. The average molecular weight is 583 g/mol. The van der Waals surface area contributed by atoms with Crippen molar-refractivity contribution in [1.82, 2.24) is 4.98 Å². The normalized spacial score (nSPS) is 12.3. The van der Waals surface area contributed by atoms with E-state index >= 15 is 0 Å². The Labute approximate surface area is 172 Å². The number of aromatic nitrogens is 1. The van der Waals surface area contributed by atoms with Crippen LogP contribution in [0.1, 0.15) is 21.6 Å². The fourth-order valence-corrected chi connectivity index (χ4v) is 3.28. The summed E-state index contributed by atoms with van der Waals surface area (Å²) >= 11 is 3.34. The monoisotopic (exact) mass is 582 g/mol. The second-order valence-electron chi connectivity index (χ2n) is 5.16. The first-order valence-electron chi connectivity index (χ1n) is 7.30. The van der Waals surface area contributed by atoms with Gasteiger partial charge < -0.3 is 20.1 Å². The van der Waals surface area contributed by atoms with E-state index in [4.69, 9.17) is 5.11 Å². The van der Waals surface area contributed by atoms with E-state index in [0.29, 0.717) is 21.1 Å². The number of pyridine rings is 1. The summed E-state index contributed by atoms with van der Waals surface area (Å²) < 4.78 is 0.439. The smallest absolute Gasteiger partial charge is 0.156 e. The zero-order valence-corrected chi connectivity index (χ0v) is 18.0. The number of fused-ring (bicyclic) bond motifs is 2. The Morgan fingerprint density at radius 1 is 1.08 bits per heavy atom. The van der Waals surface area contributed by atoms with E-state index in [2.05, 4.69) is 27.0 Å². The molecule has 2 aromatic carbocycles. The van der Waals surface area contributed by atoms with Gasteiger partial charge in [0.05, 0.1) is 15.6 Å². The Balaban J connectivity index is 0.000000784. The van der Waals surface area contributed by atoms with E-state index in [1.54, 1.807) is 18.2 Å². The number of carbonyl (C=O) groups is 1.